The highest BCUT2D eigenvalue weighted by Gasteiger charge is 2.13. The van der Waals surface area contributed by atoms with Crippen LogP contribution < -0.4 is 11.1 Å². The maximum atomic E-state index is 5.97. The molecule has 1 heterocycles. The Balaban J connectivity index is 1.71. The Morgan fingerprint density at radius 2 is 2.24 bits per heavy atom. The maximum absolute atomic E-state index is 5.97. The predicted octanol–water partition coefficient (Wildman–Crippen LogP) is 2.79. The average molecular weight is 284 g/mol. The van der Waals surface area contributed by atoms with Crippen LogP contribution >= 0.6 is 0 Å². The molecule has 1 aromatic heterocycles. The van der Waals surface area contributed by atoms with E-state index in [4.69, 9.17) is 10.2 Å². The number of oxazole rings is 1. The molecule has 0 saturated heterocycles. The van der Waals surface area contributed by atoms with E-state index < -0.39 is 0 Å². The van der Waals surface area contributed by atoms with E-state index in [2.05, 4.69) is 33.5 Å². The van der Waals surface area contributed by atoms with Crippen LogP contribution in [0.25, 0.3) is 0 Å². The summed E-state index contributed by atoms with van der Waals surface area (Å²) in [6, 6.07) is 6.33. The molecule has 5 heteroatoms. The van der Waals surface area contributed by atoms with Crippen molar-refractivity contribution in [3.8, 4) is 0 Å². The fourth-order valence-corrected chi connectivity index (χ4v) is 2.72. The molecule has 5 nitrogen and oxygen atoms in total. The summed E-state index contributed by atoms with van der Waals surface area (Å²) in [5.41, 5.74) is 9.84. The first-order chi connectivity index (χ1) is 10.2. The van der Waals surface area contributed by atoms with Crippen LogP contribution in [0.4, 0.5) is 5.69 Å². The van der Waals surface area contributed by atoms with Crippen molar-refractivity contribution >= 4 is 11.6 Å². The van der Waals surface area contributed by atoms with E-state index in [1.165, 1.54) is 24.0 Å². The summed E-state index contributed by atoms with van der Waals surface area (Å²) in [4.78, 5) is 8.34. The molecule has 3 N–H and O–H groups in total. The van der Waals surface area contributed by atoms with Crippen molar-refractivity contribution in [2.24, 2.45) is 10.7 Å². The summed E-state index contributed by atoms with van der Waals surface area (Å²) < 4.78 is 5.37. The van der Waals surface area contributed by atoms with Gasteiger partial charge in [-0.1, -0.05) is 12.1 Å². The van der Waals surface area contributed by atoms with Gasteiger partial charge in [0.15, 0.2) is 11.9 Å². The van der Waals surface area contributed by atoms with Gasteiger partial charge in [0, 0.05) is 12.6 Å². The molecule has 2 aromatic rings. The largest absolute Gasteiger partial charge is 0.444 e. The number of aryl methyl sites for hydroxylation is 2. The van der Waals surface area contributed by atoms with Crippen LogP contribution in [0.5, 0.6) is 0 Å². The third kappa shape index (κ3) is 3.24. The molecule has 1 aliphatic carbocycles. The number of nitrogens with zero attached hydrogens (tertiary/aromatic N) is 2. The molecule has 0 unspecified atom stereocenters. The summed E-state index contributed by atoms with van der Waals surface area (Å²) >= 11 is 0. The summed E-state index contributed by atoms with van der Waals surface area (Å²) in [5, 5.41) is 3.21. The second kappa shape index (κ2) is 5.99. The van der Waals surface area contributed by atoms with E-state index in [0.717, 1.165) is 18.5 Å². The lowest BCUT2D eigenvalue weighted by atomic mass is 9.90. The minimum Gasteiger partial charge on any atom is -0.444 e. The zero-order valence-corrected chi connectivity index (χ0v) is 12.2. The number of aromatic nitrogens is 1. The normalized spacial score (nSPS) is 14.8. The van der Waals surface area contributed by atoms with Gasteiger partial charge in [-0.3, -0.25) is 0 Å². The first-order valence-electron chi connectivity index (χ1n) is 7.31. The fraction of sp³-hybridized carbons (Fsp3) is 0.375. The average Bonchev–Trinajstić information content (AvgIpc) is 2.91. The second-order valence-corrected chi connectivity index (χ2v) is 5.32. The van der Waals surface area contributed by atoms with E-state index in [1.54, 1.807) is 6.20 Å². The van der Waals surface area contributed by atoms with Crippen molar-refractivity contribution in [1.29, 1.82) is 0 Å². The Bertz CT molecular complexity index is 660. The second-order valence-electron chi connectivity index (χ2n) is 5.32. The molecule has 0 fully saturated rings. The lowest BCUT2D eigenvalue weighted by Crippen LogP contribution is -2.24. The Morgan fingerprint density at radius 1 is 1.38 bits per heavy atom. The van der Waals surface area contributed by atoms with Gasteiger partial charge >= 0.3 is 0 Å². The molecular weight excluding hydrogens is 264 g/mol. The summed E-state index contributed by atoms with van der Waals surface area (Å²) in [6.07, 6.45) is 6.44. The summed E-state index contributed by atoms with van der Waals surface area (Å²) in [6.45, 7) is 2.21. The van der Waals surface area contributed by atoms with E-state index in [9.17, 15) is 0 Å². The molecule has 1 aliphatic rings. The van der Waals surface area contributed by atoms with Gasteiger partial charge in [-0.25, -0.2) is 9.98 Å². The van der Waals surface area contributed by atoms with Crippen molar-refractivity contribution in [1.82, 2.24) is 4.98 Å². The predicted molar refractivity (Wildman–Crippen MR) is 83.3 cm³/mol. The SMILES string of the molecule is Cc1ncc(CN=C(N)Nc2cccc3c2CCCC3)o1. The number of anilines is 1. The van der Waals surface area contributed by atoms with Crippen LogP contribution in [-0.4, -0.2) is 10.9 Å². The van der Waals surface area contributed by atoms with E-state index >= 15 is 0 Å². The number of aliphatic imine (C=N–C) groups is 1. The van der Waals surface area contributed by atoms with Crippen LogP contribution in [0.2, 0.25) is 0 Å². The van der Waals surface area contributed by atoms with Gasteiger partial charge in [0.25, 0.3) is 0 Å². The highest BCUT2D eigenvalue weighted by atomic mass is 16.4. The molecule has 0 atom stereocenters. The number of nitrogens with one attached hydrogen (secondary N) is 1. The zero-order valence-electron chi connectivity index (χ0n) is 12.2. The Hall–Kier alpha value is -2.30. The first-order valence-corrected chi connectivity index (χ1v) is 7.31. The third-order valence-electron chi connectivity index (χ3n) is 3.73. The molecule has 3 rings (SSSR count). The third-order valence-corrected chi connectivity index (χ3v) is 3.73. The van der Waals surface area contributed by atoms with Gasteiger partial charge < -0.3 is 15.5 Å². The molecule has 0 bridgehead atoms. The number of hydrogen-bond donors (Lipinski definition) is 2. The molecule has 0 amide bonds. The van der Waals surface area contributed by atoms with Gasteiger partial charge in [0.2, 0.25) is 0 Å². The van der Waals surface area contributed by atoms with Gasteiger partial charge in [0.05, 0.1) is 6.20 Å². The lowest BCUT2D eigenvalue weighted by Gasteiger charge is -2.19. The Labute approximate surface area is 124 Å². The standard InChI is InChI=1S/C16H20N4O/c1-11-18-9-13(21-11)10-19-16(17)20-15-8-4-6-12-5-2-3-7-14(12)15/h4,6,8-9H,2-3,5,7,10H2,1H3,(H3,17,19,20). The van der Waals surface area contributed by atoms with Crippen molar-refractivity contribution in [2.45, 2.75) is 39.2 Å². The maximum Gasteiger partial charge on any atom is 0.193 e. The molecule has 0 radical (unpaired) electrons. The number of nitrogens with two attached hydrogens (primary N) is 1. The smallest absolute Gasteiger partial charge is 0.193 e. The topological polar surface area (TPSA) is 76.4 Å². The van der Waals surface area contributed by atoms with E-state index in [0.29, 0.717) is 24.2 Å². The van der Waals surface area contributed by atoms with Gasteiger partial charge in [-0.15, -0.1) is 0 Å². The number of benzene rings is 1. The first kappa shape index (κ1) is 13.7. The van der Waals surface area contributed by atoms with Crippen LogP contribution in [0.1, 0.15) is 35.6 Å². The van der Waals surface area contributed by atoms with Gasteiger partial charge in [0.1, 0.15) is 12.3 Å². The minimum absolute atomic E-state index is 0.398. The number of guanidine groups is 1. The molecule has 0 saturated carbocycles. The molecule has 110 valence electrons. The monoisotopic (exact) mass is 284 g/mol. The molecule has 0 spiro atoms. The zero-order chi connectivity index (χ0) is 14.7. The van der Waals surface area contributed by atoms with Crippen LogP contribution in [0.15, 0.2) is 33.8 Å². The quantitative estimate of drug-likeness (QED) is 0.671. The van der Waals surface area contributed by atoms with E-state index in [1.807, 2.05) is 6.92 Å². The highest BCUT2D eigenvalue weighted by Crippen LogP contribution is 2.27. The van der Waals surface area contributed by atoms with E-state index in [-0.39, 0.29) is 0 Å². The van der Waals surface area contributed by atoms with Crippen LogP contribution in [-0.2, 0) is 19.4 Å². The molecule has 21 heavy (non-hydrogen) atoms. The van der Waals surface area contributed by atoms with Crippen molar-refractivity contribution in [3.63, 3.8) is 0 Å². The number of fused-ring (bicyclic) bond motifs is 1. The van der Waals surface area contributed by atoms with Crippen LogP contribution in [0.3, 0.4) is 0 Å². The van der Waals surface area contributed by atoms with Crippen LogP contribution in [0, 0.1) is 6.92 Å². The lowest BCUT2D eigenvalue weighted by molar-refractivity contribution is 0.477. The summed E-state index contributed by atoms with van der Waals surface area (Å²) in [7, 11) is 0. The fourth-order valence-electron chi connectivity index (χ4n) is 2.72. The van der Waals surface area contributed by atoms with Crippen molar-refractivity contribution in [3.05, 3.63) is 47.2 Å². The Morgan fingerprint density at radius 3 is 3.05 bits per heavy atom. The van der Waals surface area contributed by atoms with Gasteiger partial charge in [-0.2, -0.15) is 0 Å². The van der Waals surface area contributed by atoms with Gasteiger partial charge in [-0.05, 0) is 42.9 Å². The molecule has 0 aliphatic heterocycles. The van der Waals surface area contributed by atoms with Crippen molar-refractivity contribution < 1.29 is 4.42 Å². The number of hydrogen-bond acceptors (Lipinski definition) is 3. The molecule has 1 aromatic carbocycles. The molecular formula is C16H20N4O. The Kier molecular flexibility index (Phi) is 3.90. The summed E-state index contributed by atoms with van der Waals surface area (Å²) in [5.74, 6) is 1.76. The number of rotatable bonds is 3. The highest BCUT2D eigenvalue weighted by molar-refractivity contribution is 5.93. The van der Waals surface area contributed by atoms with Crippen molar-refractivity contribution in [2.75, 3.05) is 5.32 Å². The minimum atomic E-state index is 0.398.